The molecule has 0 radical (unpaired) electrons. The van der Waals surface area contributed by atoms with E-state index < -0.39 is 6.10 Å². The molecule has 1 atom stereocenters. The molecule has 26 heavy (non-hydrogen) atoms. The monoisotopic (exact) mass is 353 g/mol. The average molecular weight is 354 g/mol. The van der Waals surface area contributed by atoms with E-state index in [0.717, 1.165) is 33.7 Å². The number of hydrogen-bond acceptors (Lipinski definition) is 2. The Morgan fingerprint density at radius 1 is 0.923 bits per heavy atom. The largest absolute Gasteiger partial charge is 0.481 e. The van der Waals surface area contributed by atoms with Crippen LogP contribution in [0.5, 0.6) is 5.75 Å². The molecule has 0 saturated heterocycles. The first-order chi connectivity index (χ1) is 12.2. The standard InChI is InChI=1S/C23H31NO2/c1-14(2)19-12-11-16(5)13-21(19)26-18(7)23(25)24-22-17(6)9-8-10-20(22)15(3)4/h8-15,18H,1-7H3,(H,24,25)/t18-/m0/s1. The Morgan fingerprint density at radius 2 is 1.58 bits per heavy atom. The molecule has 0 fully saturated rings. The molecule has 0 aliphatic carbocycles. The van der Waals surface area contributed by atoms with E-state index in [9.17, 15) is 4.79 Å². The molecular formula is C23H31NO2. The molecule has 0 aliphatic heterocycles. The number of ether oxygens (including phenoxy) is 1. The predicted molar refractivity (Wildman–Crippen MR) is 109 cm³/mol. The first-order valence-corrected chi connectivity index (χ1v) is 9.38. The number of benzene rings is 2. The number of hydrogen-bond donors (Lipinski definition) is 1. The van der Waals surface area contributed by atoms with E-state index in [4.69, 9.17) is 4.74 Å². The lowest BCUT2D eigenvalue weighted by molar-refractivity contribution is -0.122. The Hall–Kier alpha value is -2.29. The van der Waals surface area contributed by atoms with Crippen molar-refractivity contribution in [2.24, 2.45) is 0 Å². The number of rotatable bonds is 6. The SMILES string of the molecule is Cc1ccc(C(C)C)c(O[C@@H](C)C(=O)Nc2c(C)cccc2C(C)C)c1. The van der Waals surface area contributed by atoms with E-state index in [-0.39, 0.29) is 5.91 Å². The second-order valence-electron chi connectivity index (χ2n) is 7.64. The van der Waals surface area contributed by atoms with Gasteiger partial charge in [0.25, 0.3) is 5.91 Å². The lowest BCUT2D eigenvalue weighted by Gasteiger charge is -2.21. The summed E-state index contributed by atoms with van der Waals surface area (Å²) in [5.74, 6) is 1.34. The van der Waals surface area contributed by atoms with Crippen LogP contribution in [0.1, 0.15) is 68.7 Å². The fraction of sp³-hybridized carbons (Fsp3) is 0.435. The van der Waals surface area contributed by atoms with E-state index in [1.54, 1.807) is 6.92 Å². The van der Waals surface area contributed by atoms with Gasteiger partial charge in [0.2, 0.25) is 0 Å². The van der Waals surface area contributed by atoms with Crippen molar-refractivity contribution in [3.63, 3.8) is 0 Å². The maximum atomic E-state index is 12.8. The van der Waals surface area contributed by atoms with E-state index >= 15 is 0 Å². The molecule has 0 bridgehead atoms. The van der Waals surface area contributed by atoms with Crippen molar-refractivity contribution < 1.29 is 9.53 Å². The Balaban J connectivity index is 2.21. The van der Waals surface area contributed by atoms with Gasteiger partial charge in [-0.2, -0.15) is 0 Å². The van der Waals surface area contributed by atoms with Gasteiger partial charge in [0.1, 0.15) is 5.75 Å². The highest BCUT2D eigenvalue weighted by atomic mass is 16.5. The third-order valence-electron chi connectivity index (χ3n) is 4.64. The molecule has 140 valence electrons. The summed E-state index contributed by atoms with van der Waals surface area (Å²) in [7, 11) is 0. The smallest absolute Gasteiger partial charge is 0.265 e. The summed E-state index contributed by atoms with van der Waals surface area (Å²) < 4.78 is 6.05. The molecule has 2 rings (SSSR count). The van der Waals surface area contributed by atoms with Gasteiger partial charge in [-0.05, 0) is 60.9 Å². The number of para-hydroxylation sites is 1. The molecule has 3 nitrogen and oxygen atoms in total. The van der Waals surface area contributed by atoms with Crippen LogP contribution < -0.4 is 10.1 Å². The molecule has 1 amide bonds. The molecule has 3 heteroatoms. The fourth-order valence-corrected chi connectivity index (χ4v) is 3.03. The first kappa shape index (κ1) is 20.0. The maximum Gasteiger partial charge on any atom is 0.265 e. The van der Waals surface area contributed by atoms with Crippen molar-refractivity contribution in [3.8, 4) is 5.75 Å². The average Bonchev–Trinajstić information content (AvgIpc) is 2.56. The molecule has 2 aromatic carbocycles. The molecule has 0 heterocycles. The minimum atomic E-state index is -0.575. The quantitative estimate of drug-likeness (QED) is 0.696. The molecule has 1 N–H and O–H groups in total. The van der Waals surface area contributed by atoms with Gasteiger partial charge in [0, 0.05) is 5.69 Å². The molecule has 2 aromatic rings. The highest BCUT2D eigenvalue weighted by Crippen LogP contribution is 2.30. The van der Waals surface area contributed by atoms with Crippen LogP contribution in [0.15, 0.2) is 36.4 Å². The van der Waals surface area contributed by atoms with Gasteiger partial charge in [-0.15, -0.1) is 0 Å². The summed E-state index contributed by atoms with van der Waals surface area (Å²) in [6.07, 6.45) is -0.575. The molecule has 0 aromatic heterocycles. The second-order valence-corrected chi connectivity index (χ2v) is 7.64. The van der Waals surface area contributed by atoms with Crippen molar-refractivity contribution in [1.82, 2.24) is 0 Å². The van der Waals surface area contributed by atoms with E-state index in [2.05, 4.69) is 51.2 Å². The second kappa shape index (κ2) is 8.39. The summed E-state index contributed by atoms with van der Waals surface area (Å²) in [6.45, 7) is 14.4. The van der Waals surface area contributed by atoms with Crippen molar-refractivity contribution in [2.75, 3.05) is 5.32 Å². The van der Waals surface area contributed by atoms with E-state index in [1.165, 1.54) is 0 Å². The third-order valence-corrected chi connectivity index (χ3v) is 4.64. The van der Waals surface area contributed by atoms with Crippen LogP contribution in [0.2, 0.25) is 0 Å². The van der Waals surface area contributed by atoms with Gasteiger partial charge in [0.15, 0.2) is 6.10 Å². The summed E-state index contributed by atoms with van der Waals surface area (Å²) in [5.41, 5.74) is 5.35. The maximum absolute atomic E-state index is 12.8. The molecule has 0 saturated carbocycles. The predicted octanol–water partition coefficient (Wildman–Crippen LogP) is 5.96. The minimum absolute atomic E-state index is 0.127. The van der Waals surface area contributed by atoms with Crippen LogP contribution in [0, 0.1) is 13.8 Å². The lowest BCUT2D eigenvalue weighted by atomic mass is 9.98. The molecule has 0 spiro atoms. The van der Waals surface area contributed by atoms with Gasteiger partial charge in [0.05, 0.1) is 0 Å². The van der Waals surface area contributed by atoms with Crippen LogP contribution in [-0.2, 0) is 4.79 Å². The zero-order valence-electron chi connectivity index (χ0n) is 17.0. The topological polar surface area (TPSA) is 38.3 Å². The minimum Gasteiger partial charge on any atom is -0.481 e. The zero-order valence-corrected chi connectivity index (χ0v) is 17.0. The van der Waals surface area contributed by atoms with Crippen LogP contribution in [0.3, 0.4) is 0 Å². The highest BCUT2D eigenvalue weighted by Gasteiger charge is 2.20. The number of nitrogens with one attached hydrogen (secondary N) is 1. The summed E-state index contributed by atoms with van der Waals surface area (Å²) in [6, 6.07) is 12.3. The Bertz CT molecular complexity index is 778. The van der Waals surface area contributed by atoms with Gasteiger partial charge < -0.3 is 10.1 Å². The Morgan fingerprint density at radius 3 is 2.19 bits per heavy atom. The van der Waals surface area contributed by atoms with Crippen LogP contribution in [0.25, 0.3) is 0 Å². The third kappa shape index (κ3) is 4.66. The highest BCUT2D eigenvalue weighted by molar-refractivity contribution is 5.95. The fourth-order valence-electron chi connectivity index (χ4n) is 3.03. The Labute approximate surface area is 157 Å². The van der Waals surface area contributed by atoms with E-state index in [1.807, 2.05) is 32.0 Å². The number of amides is 1. The van der Waals surface area contributed by atoms with Crippen LogP contribution in [-0.4, -0.2) is 12.0 Å². The van der Waals surface area contributed by atoms with Crippen molar-refractivity contribution in [1.29, 1.82) is 0 Å². The van der Waals surface area contributed by atoms with Crippen LogP contribution in [0.4, 0.5) is 5.69 Å². The number of anilines is 1. The van der Waals surface area contributed by atoms with Gasteiger partial charge in [-0.25, -0.2) is 0 Å². The number of carbonyl (C=O) groups excluding carboxylic acids is 1. The zero-order chi connectivity index (χ0) is 19.4. The van der Waals surface area contributed by atoms with Crippen molar-refractivity contribution in [3.05, 3.63) is 58.7 Å². The molecule has 0 unspecified atom stereocenters. The molecular weight excluding hydrogens is 322 g/mol. The molecule has 0 aliphatic rings. The number of aryl methyl sites for hydroxylation is 2. The summed E-state index contributed by atoms with van der Waals surface area (Å²) >= 11 is 0. The van der Waals surface area contributed by atoms with Gasteiger partial charge in [-0.1, -0.05) is 58.0 Å². The van der Waals surface area contributed by atoms with E-state index in [0.29, 0.717) is 11.8 Å². The van der Waals surface area contributed by atoms with Crippen molar-refractivity contribution >= 4 is 11.6 Å². The first-order valence-electron chi connectivity index (χ1n) is 9.38. The lowest BCUT2D eigenvalue weighted by Crippen LogP contribution is -2.31. The number of carbonyl (C=O) groups is 1. The van der Waals surface area contributed by atoms with Gasteiger partial charge in [-0.3, -0.25) is 4.79 Å². The summed E-state index contributed by atoms with van der Waals surface area (Å²) in [4.78, 5) is 12.8. The van der Waals surface area contributed by atoms with Crippen molar-refractivity contribution in [2.45, 2.75) is 66.4 Å². The normalized spacial score (nSPS) is 12.3. The van der Waals surface area contributed by atoms with Gasteiger partial charge >= 0.3 is 0 Å². The Kier molecular flexibility index (Phi) is 6.47. The van der Waals surface area contributed by atoms with Crippen LogP contribution >= 0.6 is 0 Å². The summed E-state index contributed by atoms with van der Waals surface area (Å²) in [5, 5.41) is 3.08.